The van der Waals surface area contributed by atoms with Crippen LogP contribution in [0, 0.1) is 0 Å². The minimum Gasteiger partial charge on any atom is -0.478 e. The van der Waals surface area contributed by atoms with E-state index in [4.69, 9.17) is 42.1 Å². The van der Waals surface area contributed by atoms with Crippen molar-refractivity contribution in [3.63, 3.8) is 0 Å². The summed E-state index contributed by atoms with van der Waals surface area (Å²) in [5, 5.41) is 46.9. The fraction of sp³-hybridized carbons (Fsp3) is 0. The van der Waals surface area contributed by atoms with Gasteiger partial charge in [0.2, 0.25) is 11.8 Å². The Labute approximate surface area is 236 Å². The minimum absolute atomic E-state index is 0.379. The van der Waals surface area contributed by atoms with Gasteiger partial charge in [0.05, 0.1) is 0 Å². The molecule has 0 spiro atoms. The second kappa shape index (κ2) is 24.7. The first-order valence-corrected chi connectivity index (χ1v) is 10.6. The quantitative estimate of drug-likeness (QED) is 0.196. The van der Waals surface area contributed by atoms with Crippen molar-refractivity contribution in [2.75, 3.05) is 0 Å². The first-order chi connectivity index (χ1) is 19.5. The SMILES string of the molecule is NC(=O)c1ccccc1.NC(=O)c1ccccc1.O=C(O)/C=C/C(=O)O.O=C(O)/C=C/C(=O)O.O=C(O)/C=C/C(=O)O. The molecule has 0 heterocycles. The van der Waals surface area contributed by atoms with E-state index in [0.717, 1.165) is 0 Å². The van der Waals surface area contributed by atoms with Gasteiger partial charge in [0.15, 0.2) is 0 Å². The third kappa shape index (κ3) is 33.4. The lowest BCUT2D eigenvalue weighted by atomic mass is 10.2. The van der Waals surface area contributed by atoms with E-state index < -0.39 is 35.8 Å². The normalized spacial score (nSPS) is 9.24. The van der Waals surface area contributed by atoms with Gasteiger partial charge in [-0.1, -0.05) is 36.4 Å². The van der Waals surface area contributed by atoms with Crippen molar-refractivity contribution in [1.29, 1.82) is 0 Å². The Morgan fingerprint density at radius 3 is 0.643 bits per heavy atom. The smallest absolute Gasteiger partial charge is 0.328 e. The molecular formula is C26H26N2O14. The molecule has 0 bridgehead atoms. The summed E-state index contributed by atoms with van der Waals surface area (Å²) < 4.78 is 0. The zero-order valence-electron chi connectivity index (χ0n) is 21.3. The Bertz CT molecular complexity index is 1110. The fourth-order valence-electron chi connectivity index (χ4n) is 1.63. The largest absolute Gasteiger partial charge is 0.478 e. The van der Waals surface area contributed by atoms with Gasteiger partial charge >= 0.3 is 35.8 Å². The average molecular weight is 590 g/mol. The predicted octanol–water partition coefficient (Wildman–Crippen LogP) is 0.706. The number of carbonyl (C=O) groups excluding carboxylic acids is 2. The predicted molar refractivity (Wildman–Crippen MR) is 143 cm³/mol. The molecule has 0 atom stereocenters. The molecule has 0 aliphatic carbocycles. The number of amides is 2. The monoisotopic (exact) mass is 590 g/mol. The maximum atomic E-state index is 10.4. The third-order valence-electron chi connectivity index (χ3n) is 3.22. The van der Waals surface area contributed by atoms with Crippen molar-refractivity contribution < 1.29 is 69.0 Å². The Morgan fingerprint density at radius 1 is 0.381 bits per heavy atom. The van der Waals surface area contributed by atoms with Crippen molar-refractivity contribution in [2.24, 2.45) is 11.5 Å². The standard InChI is InChI=1S/2C7H7NO.3C4H4O4/c2*8-7(9)6-4-2-1-3-5-6;3*5-3(6)1-2-4(7)8/h2*1-5H,(H2,8,9);3*1-2H,(H,5,6)(H,7,8)/b;;3*2-1+. The van der Waals surface area contributed by atoms with E-state index in [1.165, 1.54) is 0 Å². The maximum Gasteiger partial charge on any atom is 0.328 e. The first kappa shape index (κ1) is 39.9. The van der Waals surface area contributed by atoms with Gasteiger partial charge in [0.1, 0.15) is 0 Å². The Kier molecular flexibility index (Phi) is 23.5. The summed E-state index contributed by atoms with van der Waals surface area (Å²) in [5.41, 5.74) is 11.1. The molecule has 0 saturated heterocycles. The Hall–Kier alpha value is -6.58. The zero-order valence-corrected chi connectivity index (χ0v) is 21.3. The van der Waals surface area contributed by atoms with Crippen LogP contribution in [0.5, 0.6) is 0 Å². The number of carbonyl (C=O) groups is 8. The van der Waals surface area contributed by atoms with Crippen LogP contribution in [0.1, 0.15) is 20.7 Å². The number of benzene rings is 2. The lowest BCUT2D eigenvalue weighted by Gasteiger charge is -1.89. The van der Waals surface area contributed by atoms with Gasteiger partial charge < -0.3 is 42.1 Å². The number of carboxylic acid groups (broad SMARTS) is 6. The molecule has 10 N–H and O–H groups in total. The molecule has 2 amide bonds. The fourth-order valence-corrected chi connectivity index (χ4v) is 1.63. The molecule has 0 saturated carbocycles. The van der Waals surface area contributed by atoms with Crippen LogP contribution < -0.4 is 11.5 Å². The van der Waals surface area contributed by atoms with Crippen LogP contribution in [-0.2, 0) is 28.8 Å². The summed E-state index contributed by atoms with van der Waals surface area (Å²) in [6, 6.07) is 17.5. The number of primary amides is 2. The number of rotatable bonds is 8. The summed E-state index contributed by atoms with van der Waals surface area (Å²) >= 11 is 0. The van der Waals surface area contributed by atoms with E-state index in [-0.39, 0.29) is 11.8 Å². The van der Waals surface area contributed by atoms with Crippen LogP contribution >= 0.6 is 0 Å². The van der Waals surface area contributed by atoms with Crippen molar-refractivity contribution >= 4 is 47.6 Å². The molecular weight excluding hydrogens is 564 g/mol. The molecule has 224 valence electrons. The van der Waals surface area contributed by atoms with E-state index in [0.29, 0.717) is 47.6 Å². The number of hydrogen-bond acceptors (Lipinski definition) is 8. The Morgan fingerprint density at radius 2 is 0.548 bits per heavy atom. The van der Waals surface area contributed by atoms with Crippen LogP contribution in [0.2, 0.25) is 0 Å². The molecule has 0 aliphatic heterocycles. The van der Waals surface area contributed by atoms with Gasteiger partial charge in [-0.05, 0) is 24.3 Å². The van der Waals surface area contributed by atoms with Crippen LogP contribution in [0.3, 0.4) is 0 Å². The second-order valence-corrected chi connectivity index (χ2v) is 6.49. The number of hydrogen-bond donors (Lipinski definition) is 8. The highest BCUT2D eigenvalue weighted by molar-refractivity contribution is 5.93. The molecule has 2 aromatic carbocycles. The van der Waals surface area contributed by atoms with Crippen molar-refractivity contribution in [3.8, 4) is 0 Å². The van der Waals surface area contributed by atoms with Crippen molar-refractivity contribution in [1.82, 2.24) is 0 Å². The van der Waals surface area contributed by atoms with Gasteiger partial charge in [0.25, 0.3) is 0 Å². The summed E-state index contributed by atoms with van der Waals surface area (Å²) in [4.78, 5) is 78.2. The molecule has 0 aliphatic rings. The van der Waals surface area contributed by atoms with E-state index in [1.807, 2.05) is 12.1 Å². The average Bonchev–Trinajstić information content (AvgIpc) is 2.92. The van der Waals surface area contributed by atoms with E-state index in [1.54, 1.807) is 48.5 Å². The highest BCUT2D eigenvalue weighted by atomic mass is 16.4. The molecule has 0 radical (unpaired) electrons. The molecule has 2 aromatic rings. The van der Waals surface area contributed by atoms with E-state index in [2.05, 4.69) is 0 Å². The molecule has 0 fully saturated rings. The van der Waals surface area contributed by atoms with Gasteiger partial charge in [0, 0.05) is 47.6 Å². The summed E-state index contributed by atoms with van der Waals surface area (Å²) in [5.74, 6) is -8.30. The maximum absolute atomic E-state index is 10.4. The van der Waals surface area contributed by atoms with E-state index in [9.17, 15) is 38.4 Å². The Balaban J connectivity index is -0.000000454. The van der Waals surface area contributed by atoms with Crippen LogP contribution in [0.25, 0.3) is 0 Å². The summed E-state index contributed by atoms with van der Waals surface area (Å²) in [6.07, 6.45) is 3.35. The zero-order chi connectivity index (χ0) is 33.1. The molecule has 42 heavy (non-hydrogen) atoms. The van der Waals surface area contributed by atoms with Gasteiger partial charge in [-0.25, -0.2) is 28.8 Å². The lowest BCUT2D eigenvalue weighted by Crippen LogP contribution is -2.09. The van der Waals surface area contributed by atoms with Gasteiger partial charge in [-0.3, -0.25) is 9.59 Å². The minimum atomic E-state index is -1.26. The molecule has 16 nitrogen and oxygen atoms in total. The number of carboxylic acids is 6. The summed E-state index contributed by atoms with van der Waals surface area (Å²) in [6.45, 7) is 0. The van der Waals surface area contributed by atoms with Gasteiger partial charge in [-0.2, -0.15) is 0 Å². The van der Waals surface area contributed by atoms with Crippen LogP contribution in [-0.4, -0.2) is 78.3 Å². The van der Waals surface area contributed by atoms with Crippen molar-refractivity contribution in [2.45, 2.75) is 0 Å². The first-order valence-electron chi connectivity index (χ1n) is 10.6. The molecule has 0 unspecified atom stereocenters. The topological polar surface area (TPSA) is 310 Å². The highest BCUT2D eigenvalue weighted by Gasteiger charge is 1.94. The summed E-state index contributed by atoms with van der Waals surface area (Å²) in [7, 11) is 0. The lowest BCUT2D eigenvalue weighted by molar-refractivity contribution is -0.134. The van der Waals surface area contributed by atoms with Gasteiger partial charge in [-0.15, -0.1) is 0 Å². The van der Waals surface area contributed by atoms with Crippen molar-refractivity contribution in [3.05, 3.63) is 108 Å². The van der Waals surface area contributed by atoms with Crippen LogP contribution in [0.4, 0.5) is 0 Å². The molecule has 0 aromatic heterocycles. The highest BCUT2D eigenvalue weighted by Crippen LogP contribution is 1.95. The number of nitrogens with two attached hydrogens (primary N) is 2. The molecule has 16 heteroatoms. The second-order valence-electron chi connectivity index (χ2n) is 6.49. The van der Waals surface area contributed by atoms with Crippen LogP contribution in [0.15, 0.2) is 97.1 Å². The van der Waals surface area contributed by atoms with E-state index >= 15 is 0 Å². The third-order valence-corrected chi connectivity index (χ3v) is 3.22. The number of aliphatic carboxylic acids is 6. The molecule has 2 rings (SSSR count).